The zero-order valence-electron chi connectivity index (χ0n) is 6.58. The van der Waals surface area contributed by atoms with Crippen LogP contribution in [0.2, 0.25) is 19.6 Å². The normalized spacial score (nSPS) is 12.8. The first-order valence-electron chi connectivity index (χ1n) is 3.19. The highest BCUT2D eigenvalue weighted by Crippen LogP contribution is 1.95. The van der Waals surface area contributed by atoms with E-state index in [1.54, 1.807) is 0 Å². The summed E-state index contributed by atoms with van der Waals surface area (Å²) in [6.45, 7) is 11.3. The van der Waals surface area contributed by atoms with Gasteiger partial charge in [-0.3, -0.25) is 0 Å². The lowest BCUT2D eigenvalue weighted by molar-refractivity contribution is 0.735. The Bertz CT molecular complexity index is 63.4. The summed E-state index contributed by atoms with van der Waals surface area (Å²) in [6.07, 6.45) is 0. The summed E-state index contributed by atoms with van der Waals surface area (Å²) in [5.74, 6) is 0. The fraction of sp³-hybridized carbons (Fsp3) is 1.00. The van der Waals surface area contributed by atoms with Crippen LogP contribution >= 0.6 is 0 Å². The Morgan fingerprint density at radius 2 is 1.50 bits per heavy atom. The second-order valence-corrected chi connectivity index (χ2v) is 8.34. The molecule has 0 atom stereocenters. The van der Waals surface area contributed by atoms with E-state index in [1.807, 2.05) is 0 Å². The Hall–Kier alpha value is 0.177. The molecule has 2 heteroatoms. The number of hydrogen-bond acceptors (Lipinski definition) is 1. The number of rotatable bonds is 2. The highest BCUT2D eigenvalue weighted by Gasteiger charge is 2.12. The zero-order valence-corrected chi connectivity index (χ0v) is 7.58. The summed E-state index contributed by atoms with van der Waals surface area (Å²) < 4.78 is 0. The standard InChI is InChI=1S/C6H17NSi/c1-6(2)7-8(3,4)5/h6-7H,1-5H3. The van der Waals surface area contributed by atoms with E-state index in [-0.39, 0.29) is 0 Å². The first-order chi connectivity index (χ1) is 3.42. The van der Waals surface area contributed by atoms with Crippen LogP contribution in [0.15, 0.2) is 0 Å². The van der Waals surface area contributed by atoms with E-state index < -0.39 is 8.24 Å². The molecule has 8 heavy (non-hydrogen) atoms. The van der Waals surface area contributed by atoms with Crippen molar-refractivity contribution in [2.75, 3.05) is 0 Å². The van der Waals surface area contributed by atoms with Crippen LogP contribution in [0.1, 0.15) is 13.8 Å². The molecule has 0 radical (unpaired) electrons. The third-order valence-electron chi connectivity index (χ3n) is 0.722. The van der Waals surface area contributed by atoms with Crippen LogP contribution in [0.4, 0.5) is 0 Å². The van der Waals surface area contributed by atoms with Gasteiger partial charge < -0.3 is 4.98 Å². The predicted octanol–water partition coefficient (Wildman–Crippen LogP) is 1.82. The second-order valence-electron chi connectivity index (χ2n) is 3.55. The number of nitrogens with one attached hydrogen (secondary N) is 1. The minimum absolute atomic E-state index is 0.654. The van der Waals surface area contributed by atoms with E-state index in [4.69, 9.17) is 0 Å². The predicted molar refractivity (Wildman–Crippen MR) is 41.6 cm³/mol. The molecule has 0 bridgehead atoms. The molecule has 1 N–H and O–H groups in total. The van der Waals surface area contributed by atoms with Crippen molar-refractivity contribution in [2.24, 2.45) is 0 Å². The molecule has 0 saturated heterocycles. The molecule has 0 aliphatic heterocycles. The molecular formula is C6H17NSi. The quantitative estimate of drug-likeness (QED) is 0.564. The minimum Gasteiger partial charge on any atom is -0.335 e. The maximum atomic E-state index is 3.52. The van der Waals surface area contributed by atoms with Gasteiger partial charge in [0, 0.05) is 0 Å². The van der Waals surface area contributed by atoms with Crippen LogP contribution in [0.5, 0.6) is 0 Å². The van der Waals surface area contributed by atoms with Gasteiger partial charge in [-0.25, -0.2) is 0 Å². The van der Waals surface area contributed by atoms with Gasteiger partial charge in [0.1, 0.15) is 8.24 Å². The first kappa shape index (κ1) is 8.18. The molecule has 0 aromatic heterocycles. The lowest BCUT2D eigenvalue weighted by Gasteiger charge is -2.20. The molecule has 50 valence electrons. The van der Waals surface area contributed by atoms with Crippen molar-refractivity contribution in [3.63, 3.8) is 0 Å². The van der Waals surface area contributed by atoms with E-state index >= 15 is 0 Å². The Morgan fingerprint density at radius 3 is 1.50 bits per heavy atom. The summed E-state index contributed by atoms with van der Waals surface area (Å²) in [7, 11) is -0.970. The van der Waals surface area contributed by atoms with Crippen LogP contribution < -0.4 is 4.98 Å². The van der Waals surface area contributed by atoms with Crippen molar-refractivity contribution in [3.05, 3.63) is 0 Å². The molecule has 0 amide bonds. The third-order valence-corrected chi connectivity index (χ3v) is 2.17. The second kappa shape index (κ2) is 2.64. The largest absolute Gasteiger partial charge is 0.335 e. The molecule has 0 rings (SSSR count). The molecule has 1 nitrogen and oxygen atoms in total. The van der Waals surface area contributed by atoms with Crippen molar-refractivity contribution in [1.29, 1.82) is 0 Å². The van der Waals surface area contributed by atoms with Gasteiger partial charge in [-0.1, -0.05) is 33.5 Å². The Kier molecular flexibility index (Phi) is 2.70. The maximum absolute atomic E-state index is 3.52. The minimum atomic E-state index is -0.970. The molecule has 0 aromatic rings. The third kappa shape index (κ3) is 6.18. The van der Waals surface area contributed by atoms with E-state index in [0.29, 0.717) is 6.04 Å². The summed E-state index contributed by atoms with van der Waals surface area (Å²) in [5, 5.41) is 0. The molecule has 0 saturated carbocycles. The van der Waals surface area contributed by atoms with Gasteiger partial charge in [-0.05, 0) is 6.04 Å². The van der Waals surface area contributed by atoms with Crippen molar-refractivity contribution in [1.82, 2.24) is 4.98 Å². The summed E-state index contributed by atoms with van der Waals surface area (Å²) in [4.78, 5) is 3.52. The first-order valence-corrected chi connectivity index (χ1v) is 6.69. The van der Waals surface area contributed by atoms with Gasteiger partial charge in [0.2, 0.25) is 0 Å². The SMILES string of the molecule is CC(C)N[Si](C)(C)C. The molecule has 0 unspecified atom stereocenters. The van der Waals surface area contributed by atoms with Crippen LogP contribution in [0, 0.1) is 0 Å². The molecule has 0 aromatic carbocycles. The molecule has 0 aliphatic carbocycles. The van der Waals surface area contributed by atoms with Crippen molar-refractivity contribution < 1.29 is 0 Å². The lowest BCUT2D eigenvalue weighted by Crippen LogP contribution is -2.45. The Balaban J connectivity index is 3.39. The zero-order chi connectivity index (χ0) is 6.78. The van der Waals surface area contributed by atoms with Gasteiger partial charge in [-0.2, -0.15) is 0 Å². The van der Waals surface area contributed by atoms with Gasteiger partial charge in [-0.15, -0.1) is 0 Å². The van der Waals surface area contributed by atoms with E-state index in [9.17, 15) is 0 Å². The Morgan fingerprint density at radius 1 is 1.12 bits per heavy atom. The molecule has 0 fully saturated rings. The average molecular weight is 131 g/mol. The van der Waals surface area contributed by atoms with Gasteiger partial charge >= 0.3 is 0 Å². The van der Waals surface area contributed by atoms with Gasteiger partial charge in [0.25, 0.3) is 0 Å². The summed E-state index contributed by atoms with van der Waals surface area (Å²) in [5.41, 5.74) is 0. The van der Waals surface area contributed by atoms with Crippen LogP contribution in [-0.2, 0) is 0 Å². The van der Waals surface area contributed by atoms with Gasteiger partial charge in [0.05, 0.1) is 0 Å². The van der Waals surface area contributed by atoms with Crippen molar-refractivity contribution in [2.45, 2.75) is 39.5 Å². The summed E-state index contributed by atoms with van der Waals surface area (Å²) in [6, 6.07) is 0.654. The smallest absolute Gasteiger partial charge is 0.116 e. The fourth-order valence-electron chi connectivity index (χ4n) is 0.866. The van der Waals surface area contributed by atoms with E-state index in [2.05, 4.69) is 38.5 Å². The van der Waals surface area contributed by atoms with Gasteiger partial charge in [0.15, 0.2) is 0 Å². The van der Waals surface area contributed by atoms with E-state index in [0.717, 1.165) is 0 Å². The average Bonchev–Trinajstić information content (AvgIpc) is 1.21. The van der Waals surface area contributed by atoms with E-state index in [1.165, 1.54) is 0 Å². The van der Waals surface area contributed by atoms with Crippen LogP contribution in [0.3, 0.4) is 0 Å². The summed E-state index contributed by atoms with van der Waals surface area (Å²) >= 11 is 0. The lowest BCUT2D eigenvalue weighted by atomic mass is 10.4. The number of hydrogen-bond donors (Lipinski definition) is 1. The maximum Gasteiger partial charge on any atom is 0.116 e. The monoisotopic (exact) mass is 131 g/mol. The molecule has 0 heterocycles. The topological polar surface area (TPSA) is 12.0 Å². The Labute approximate surface area is 53.6 Å². The molecule has 0 spiro atoms. The fourth-order valence-corrected chi connectivity index (χ4v) is 2.60. The molecule has 0 aliphatic rings. The van der Waals surface area contributed by atoms with Crippen molar-refractivity contribution in [3.8, 4) is 0 Å². The highest BCUT2D eigenvalue weighted by atomic mass is 28.3. The van der Waals surface area contributed by atoms with Crippen molar-refractivity contribution >= 4 is 8.24 Å². The van der Waals surface area contributed by atoms with Crippen LogP contribution in [-0.4, -0.2) is 14.3 Å². The highest BCUT2D eigenvalue weighted by molar-refractivity contribution is 6.73. The van der Waals surface area contributed by atoms with Crippen LogP contribution in [0.25, 0.3) is 0 Å². The molecular weight excluding hydrogens is 114 g/mol.